The lowest BCUT2D eigenvalue weighted by atomic mass is 9.95. The van der Waals surface area contributed by atoms with E-state index in [0.717, 1.165) is 74.4 Å². The third kappa shape index (κ3) is 6.76. The fourth-order valence-corrected chi connectivity index (χ4v) is 4.26. The Bertz CT molecular complexity index is 854. The molecule has 2 N–H and O–H groups in total. The Morgan fingerprint density at radius 2 is 1.87 bits per heavy atom. The summed E-state index contributed by atoms with van der Waals surface area (Å²) in [5.41, 5.74) is 3.02. The van der Waals surface area contributed by atoms with E-state index in [-0.39, 0.29) is 23.7 Å². The lowest BCUT2D eigenvalue weighted by Gasteiger charge is -2.29. The molecule has 1 aliphatic rings. The number of imidazole rings is 1. The molecule has 31 heavy (non-hydrogen) atoms. The van der Waals surface area contributed by atoms with Crippen molar-refractivity contribution in [2.24, 2.45) is 5.92 Å². The molecule has 1 amide bonds. The molecule has 6 heteroatoms. The zero-order valence-corrected chi connectivity index (χ0v) is 19.1. The zero-order valence-electron chi connectivity index (χ0n) is 19.1. The first-order chi connectivity index (χ1) is 14.9. The van der Waals surface area contributed by atoms with Gasteiger partial charge in [0.2, 0.25) is 5.91 Å². The summed E-state index contributed by atoms with van der Waals surface area (Å²) in [7, 11) is 2.11. The lowest BCUT2D eigenvalue weighted by Crippen LogP contribution is -2.40. The third-order valence-corrected chi connectivity index (χ3v) is 6.21. The molecule has 0 bridgehead atoms. The normalized spacial score (nSPS) is 16.2. The van der Waals surface area contributed by atoms with E-state index < -0.39 is 0 Å². The molecule has 0 radical (unpaired) electrons. The Balaban J connectivity index is 1.70. The number of Topliss-reactive ketones (excluding diaryl/α,β-unsaturated/α-hetero) is 1. The predicted molar refractivity (Wildman–Crippen MR) is 124 cm³/mol. The highest BCUT2D eigenvalue weighted by Crippen LogP contribution is 2.26. The molecule has 0 saturated carbocycles. The maximum atomic E-state index is 13.0. The van der Waals surface area contributed by atoms with Crippen molar-refractivity contribution in [3.63, 3.8) is 0 Å². The number of ketones is 1. The van der Waals surface area contributed by atoms with Crippen LogP contribution >= 0.6 is 0 Å². The molecule has 0 aliphatic carbocycles. The van der Waals surface area contributed by atoms with E-state index in [4.69, 9.17) is 4.98 Å². The Labute approximate surface area is 185 Å². The van der Waals surface area contributed by atoms with Crippen LogP contribution in [0.4, 0.5) is 0 Å². The second-order valence-corrected chi connectivity index (χ2v) is 8.90. The highest BCUT2D eigenvalue weighted by Gasteiger charge is 2.27. The van der Waals surface area contributed by atoms with E-state index in [9.17, 15) is 9.59 Å². The molecule has 1 aromatic carbocycles. The van der Waals surface area contributed by atoms with Gasteiger partial charge in [-0.15, -0.1) is 0 Å². The van der Waals surface area contributed by atoms with Gasteiger partial charge >= 0.3 is 0 Å². The summed E-state index contributed by atoms with van der Waals surface area (Å²) < 4.78 is 0. The van der Waals surface area contributed by atoms with Gasteiger partial charge in [0.1, 0.15) is 11.6 Å². The topological polar surface area (TPSA) is 78.1 Å². The SMILES string of the molecule is CC(=O)CCCCC[C@H](NC(=O)C1CCN(C)CC1)c1nc(-c2ccccc2)c(C)[nH]1. The number of carbonyl (C=O) groups excluding carboxylic acids is 2. The van der Waals surface area contributed by atoms with Crippen LogP contribution in [-0.4, -0.2) is 46.7 Å². The molecular formula is C25H36N4O2. The number of likely N-dealkylation sites (tertiary alicyclic amines) is 1. The number of rotatable bonds is 10. The molecule has 168 valence electrons. The second kappa shape index (κ2) is 11.2. The molecule has 1 aliphatic heterocycles. The van der Waals surface area contributed by atoms with Crippen LogP contribution in [0, 0.1) is 12.8 Å². The van der Waals surface area contributed by atoms with E-state index in [1.807, 2.05) is 25.1 Å². The first kappa shape index (κ1) is 23.2. The van der Waals surface area contributed by atoms with Gasteiger partial charge in [-0.05, 0) is 59.7 Å². The minimum absolute atomic E-state index is 0.0704. The summed E-state index contributed by atoms with van der Waals surface area (Å²) >= 11 is 0. The van der Waals surface area contributed by atoms with E-state index in [1.165, 1.54) is 0 Å². The summed E-state index contributed by atoms with van der Waals surface area (Å²) in [5, 5.41) is 3.29. The average molecular weight is 425 g/mol. The van der Waals surface area contributed by atoms with Crippen LogP contribution in [0.15, 0.2) is 30.3 Å². The fraction of sp³-hybridized carbons (Fsp3) is 0.560. The minimum Gasteiger partial charge on any atom is -0.346 e. The van der Waals surface area contributed by atoms with Crippen LogP contribution in [0.1, 0.15) is 69.4 Å². The van der Waals surface area contributed by atoms with Gasteiger partial charge in [-0.3, -0.25) is 4.79 Å². The van der Waals surface area contributed by atoms with E-state index in [0.29, 0.717) is 6.42 Å². The zero-order chi connectivity index (χ0) is 22.2. The Hall–Kier alpha value is -2.47. The van der Waals surface area contributed by atoms with Crippen LogP contribution in [0.2, 0.25) is 0 Å². The number of piperidine rings is 1. The number of H-pyrrole nitrogens is 1. The largest absolute Gasteiger partial charge is 0.346 e. The van der Waals surface area contributed by atoms with Crippen molar-refractivity contribution in [1.82, 2.24) is 20.2 Å². The van der Waals surface area contributed by atoms with Crippen LogP contribution in [0.25, 0.3) is 11.3 Å². The van der Waals surface area contributed by atoms with E-state index in [2.05, 4.69) is 34.4 Å². The van der Waals surface area contributed by atoms with Crippen LogP contribution in [0.3, 0.4) is 0 Å². The molecule has 0 spiro atoms. The summed E-state index contributed by atoms with van der Waals surface area (Å²) in [5.74, 6) is 1.27. The number of nitrogens with zero attached hydrogens (tertiary/aromatic N) is 2. The lowest BCUT2D eigenvalue weighted by molar-refractivity contribution is -0.127. The number of hydrogen-bond acceptors (Lipinski definition) is 4. The van der Waals surface area contributed by atoms with Gasteiger partial charge in [-0.2, -0.15) is 0 Å². The highest BCUT2D eigenvalue weighted by atomic mass is 16.2. The van der Waals surface area contributed by atoms with Crippen molar-refractivity contribution in [1.29, 1.82) is 0 Å². The predicted octanol–water partition coefficient (Wildman–Crippen LogP) is 4.42. The minimum atomic E-state index is -0.138. The van der Waals surface area contributed by atoms with Crippen LogP contribution in [-0.2, 0) is 9.59 Å². The highest BCUT2D eigenvalue weighted by molar-refractivity contribution is 5.79. The molecule has 1 aromatic heterocycles. The number of benzene rings is 1. The van der Waals surface area contributed by atoms with Gasteiger partial charge in [0.05, 0.1) is 11.7 Å². The molecule has 0 unspecified atom stereocenters. The van der Waals surface area contributed by atoms with E-state index in [1.54, 1.807) is 6.92 Å². The van der Waals surface area contributed by atoms with Gasteiger partial charge in [0, 0.05) is 23.6 Å². The Morgan fingerprint density at radius 3 is 2.55 bits per heavy atom. The van der Waals surface area contributed by atoms with Crippen molar-refractivity contribution < 1.29 is 9.59 Å². The number of hydrogen-bond donors (Lipinski definition) is 2. The number of aromatic amines is 1. The van der Waals surface area contributed by atoms with Crippen LogP contribution < -0.4 is 5.32 Å². The summed E-state index contributed by atoms with van der Waals surface area (Å²) in [6.45, 7) is 5.60. The van der Waals surface area contributed by atoms with Gasteiger partial charge in [-0.1, -0.05) is 43.2 Å². The van der Waals surface area contributed by atoms with Crippen molar-refractivity contribution in [3.05, 3.63) is 41.9 Å². The molecular weight excluding hydrogens is 388 g/mol. The van der Waals surface area contributed by atoms with Crippen molar-refractivity contribution in [3.8, 4) is 11.3 Å². The Kier molecular flexibility index (Phi) is 8.41. The van der Waals surface area contributed by atoms with Gasteiger partial charge in [0.25, 0.3) is 0 Å². The summed E-state index contributed by atoms with van der Waals surface area (Å²) in [6, 6.07) is 10.00. The molecule has 3 rings (SSSR count). The van der Waals surface area contributed by atoms with Gasteiger partial charge < -0.3 is 20.0 Å². The second-order valence-electron chi connectivity index (χ2n) is 8.90. The van der Waals surface area contributed by atoms with Crippen molar-refractivity contribution in [2.75, 3.05) is 20.1 Å². The van der Waals surface area contributed by atoms with Gasteiger partial charge in [-0.25, -0.2) is 4.98 Å². The Morgan fingerprint density at radius 1 is 1.16 bits per heavy atom. The molecule has 2 aromatic rings. The summed E-state index contributed by atoms with van der Waals surface area (Å²) in [4.78, 5) is 34.8. The molecule has 6 nitrogen and oxygen atoms in total. The fourth-order valence-electron chi connectivity index (χ4n) is 4.26. The number of carbonyl (C=O) groups is 2. The smallest absolute Gasteiger partial charge is 0.223 e. The quantitative estimate of drug-likeness (QED) is 0.553. The maximum Gasteiger partial charge on any atom is 0.223 e. The van der Waals surface area contributed by atoms with Crippen molar-refractivity contribution >= 4 is 11.7 Å². The maximum absolute atomic E-state index is 13.0. The number of nitrogens with one attached hydrogen (secondary N) is 2. The van der Waals surface area contributed by atoms with E-state index >= 15 is 0 Å². The third-order valence-electron chi connectivity index (χ3n) is 6.21. The molecule has 1 atom stereocenters. The summed E-state index contributed by atoms with van der Waals surface area (Å²) in [6.07, 6.45) is 6.08. The standard InChI is InChI=1S/C25H36N4O2/c1-18(30)10-6-4-9-13-22(27-25(31)21-14-16-29(3)17-15-21)24-26-19(2)23(28-24)20-11-7-5-8-12-20/h5,7-8,11-12,21-22H,4,6,9-10,13-17H2,1-3H3,(H,26,28)(H,27,31)/t22-/m0/s1. The van der Waals surface area contributed by atoms with Crippen molar-refractivity contribution in [2.45, 2.75) is 64.8 Å². The van der Waals surface area contributed by atoms with Gasteiger partial charge in [0.15, 0.2) is 0 Å². The molecule has 1 fully saturated rings. The molecule has 1 saturated heterocycles. The number of amides is 1. The van der Waals surface area contributed by atoms with Crippen LogP contribution in [0.5, 0.6) is 0 Å². The number of aryl methyl sites for hydroxylation is 1. The first-order valence-corrected chi connectivity index (χ1v) is 11.5. The first-order valence-electron chi connectivity index (χ1n) is 11.5. The molecule has 2 heterocycles. The number of aromatic nitrogens is 2. The number of unbranched alkanes of at least 4 members (excludes halogenated alkanes) is 2. The monoisotopic (exact) mass is 424 g/mol. The average Bonchev–Trinajstić information content (AvgIpc) is 3.15.